The molecule has 0 aliphatic carbocycles. The molecule has 2 nitrogen and oxygen atoms in total. The van der Waals surface area contributed by atoms with E-state index in [1.54, 1.807) is 13.0 Å². The van der Waals surface area contributed by atoms with Crippen molar-refractivity contribution >= 4 is 9.84 Å². The van der Waals surface area contributed by atoms with Gasteiger partial charge in [-0.15, -0.1) is 0 Å². The summed E-state index contributed by atoms with van der Waals surface area (Å²) in [5.74, 6) is 0. The number of benzene rings is 1. The quantitative estimate of drug-likeness (QED) is 0.808. The van der Waals surface area contributed by atoms with Gasteiger partial charge >= 0.3 is 6.18 Å². The van der Waals surface area contributed by atoms with E-state index in [1.807, 2.05) is 0 Å². The molecule has 0 N–H and O–H groups in total. The van der Waals surface area contributed by atoms with Gasteiger partial charge < -0.3 is 0 Å². The van der Waals surface area contributed by atoms with Crippen LogP contribution in [-0.4, -0.2) is 14.6 Å². The standard InChI is InChI=1S/C10H9F3O2S/c1-8-3-2-4-9(7-8)16(14,15)6-5-10(11,12)13/h2-7H,1H3/b6-5-. The van der Waals surface area contributed by atoms with E-state index in [2.05, 4.69) is 0 Å². The summed E-state index contributed by atoms with van der Waals surface area (Å²) in [6.45, 7) is 1.66. The number of allylic oxidation sites excluding steroid dienone is 1. The fraction of sp³-hybridized carbons (Fsp3) is 0.200. The predicted molar refractivity (Wildman–Crippen MR) is 53.6 cm³/mol. The Kier molecular flexibility index (Phi) is 3.42. The van der Waals surface area contributed by atoms with Gasteiger partial charge in [-0.05, 0) is 24.6 Å². The summed E-state index contributed by atoms with van der Waals surface area (Å²) in [5.41, 5.74) is 0.668. The van der Waals surface area contributed by atoms with Crippen LogP contribution in [0.3, 0.4) is 0 Å². The molecule has 0 aromatic heterocycles. The largest absolute Gasteiger partial charge is 0.410 e. The number of hydrogen-bond donors (Lipinski definition) is 0. The Morgan fingerprint density at radius 2 is 1.88 bits per heavy atom. The summed E-state index contributed by atoms with van der Waals surface area (Å²) < 4.78 is 58.4. The highest BCUT2D eigenvalue weighted by atomic mass is 32.2. The number of aryl methyl sites for hydroxylation is 1. The number of sulfone groups is 1. The molecule has 0 saturated heterocycles. The van der Waals surface area contributed by atoms with Crippen molar-refractivity contribution in [3.63, 3.8) is 0 Å². The summed E-state index contributed by atoms with van der Waals surface area (Å²) in [5, 5.41) is 0.168. The molecule has 0 heterocycles. The highest BCUT2D eigenvalue weighted by Crippen LogP contribution is 2.20. The average Bonchev–Trinajstić information content (AvgIpc) is 2.14. The molecule has 0 atom stereocenters. The average molecular weight is 250 g/mol. The maximum atomic E-state index is 11.8. The molecule has 1 aromatic rings. The van der Waals surface area contributed by atoms with Crippen molar-refractivity contribution in [2.75, 3.05) is 0 Å². The molecule has 88 valence electrons. The minimum absolute atomic E-state index is 0.145. The van der Waals surface area contributed by atoms with Gasteiger partial charge in [0.15, 0.2) is 9.84 Å². The van der Waals surface area contributed by atoms with Gasteiger partial charge in [0.1, 0.15) is 0 Å². The number of halogens is 3. The van der Waals surface area contributed by atoms with Crippen molar-refractivity contribution in [2.45, 2.75) is 18.0 Å². The number of hydrogen-bond acceptors (Lipinski definition) is 2. The molecule has 0 unspecified atom stereocenters. The Labute approximate surface area is 91.3 Å². The van der Waals surface area contributed by atoms with E-state index in [1.165, 1.54) is 18.2 Å². The third-order valence-corrected chi connectivity index (χ3v) is 3.16. The molecule has 0 radical (unpaired) electrons. The zero-order valence-electron chi connectivity index (χ0n) is 8.32. The van der Waals surface area contributed by atoms with E-state index in [-0.39, 0.29) is 16.4 Å². The van der Waals surface area contributed by atoms with Crippen LogP contribution in [0.4, 0.5) is 13.2 Å². The molecular weight excluding hydrogens is 241 g/mol. The Hall–Kier alpha value is -1.30. The maximum absolute atomic E-state index is 11.8. The van der Waals surface area contributed by atoms with Crippen LogP contribution in [0.5, 0.6) is 0 Å². The van der Waals surface area contributed by atoms with Crippen LogP contribution in [0.2, 0.25) is 0 Å². The minimum atomic E-state index is -4.63. The Morgan fingerprint density at radius 1 is 1.25 bits per heavy atom. The highest BCUT2D eigenvalue weighted by Gasteiger charge is 2.24. The second-order valence-electron chi connectivity index (χ2n) is 3.21. The molecule has 0 spiro atoms. The second kappa shape index (κ2) is 4.29. The molecule has 1 aromatic carbocycles. The smallest absolute Gasteiger partial charge is 0.219 e. The van der Waals surface area contributed by atoms with Crippen LogP contribution in [0, 0.1) is 6.92 Å². The monoisotopic (exact) mass is 250 g/mol. The Balaban J connectivity index is 3.09. The van der Waals surface area contributed by atoms with Crippen molar-refractivity contribution in [1.29, 1.82) is 0 Å². The van der Waals surface area contributed by atoms with Crippen molar-refractivity contribution in [3.05, 3.63) is 41.3 Å². The van der Waals surface area contributed by atoms with Crippen LogP contribution in [0.15, 0.2) is 40.6 Å². The van der Waals surface area contributed by atoms with Gasteiger partial charge in [0, 0.05) is 11.5 Å². The zero-order chi connectivity index (χ0) is 12.4. The van der Waals surface area contributed by atoms with Crippen LogP contribution >= 0.6 is 0 Å². The van der Waals surface area contributed by atoms with Crippen LogP contribution in [0.1, 0.15) is 5.56 Å². The minimum Gasteiger partial charge on any atom is -0.219 e. The lowest BCUT2D eigenvalue weighted by Gasteiger charge is -2.01. The molecule has 0 bridgehead atoms. The summed E-state index contributed by atoms with van der Waals surface area (Å²) in [7, 11) is -4.02. The fourth-order valence-electron chi connectivity index (χ4n) is 1.04. The second-order valence-corrected chi connectivity index (χ2v) is 5.04. The predicted octanol–water partition coefficient (Wildman–Crippen LogP) is 2.84. The molecule has 0 aliphatic rings. The third kappa shape index (κ3) is 3.69. The normalized spacial score (nSPS) is 13.2. The van der Waals surface area contributed by atoms with E-state index >= 15 is 0 Å². The molecule has 1 rings (SSSR count). The molecule has 6 heteroatoms. The van der Waals surface area contributed by atoms with Gasteiger partial charge in [0.25, 0.3) is 0 Å². The number of rotatable bonds is 2. The summed E-state index contributed by atoms with van der Waals surface area (Å²) in [4.78, 5) is -0.145. The maximum Gasteiger partial charge on any atom is 0.410 e. The van der Waals surface area contributed by atoms with E-state index in [0.29, 0.717) is 5.56 Å². The lowest BCUT2D eigenvalue weighted by Crippen LogP contribution is -2.04. The first-order valence-corrected chi connectivity index (χ1v) is 5.83. The Bertz CT molecular complexity index is 501. The van der Waals surface area contributed by atoms with Crippen molar-refractivity contribution in [1.82, 2.24) is 0 Å². The highest BCUT2D eigenvalue weighted by molar-refractivity contribution is 7.94. The van der Waals surface area contributed by atoms with Crippen LogP contribution in [0.25, 0.3) is 0 Å². The Morgan fingerprint density at radius 3 is 2.38 bits per heavy atom. The van der Waals surface area contributed by atoms with E-state index in [0.717, 1.165) is 0 Å². The van der Waals surface area contributed by atoms with Crippen molar-refractivity contribution < 1.29 is 21.6 Å². The van der Waals surface area contributed by atoms with Crippen LogP contribution in [-0.2, 0) is 9.84 Å². The summed E-state index contributed by atoms with van der Waals surface area (Å²) in [6, 6.07) is 5.70. The van der Waals surface area contributed by atoms with E-state index < -0.39 is 16.0 Å². The van der Waals surface area contributed by atoms with Gasteiger partial charge in [-0.1, -0.05) is 12.1 Å². The van der Waals surface area contributed by atoms with Gasteiger partial charge in [0.2, 0.25) is 0 Å². The van der Waals surface area contributed by atoms with E-state index in [9.17, 15) is 21.6 Å². The summed E-state index contributed by atoms with van der Waals surface area (Å²) in [6.07, 6.45) is -4.92. The lowest BCUT2D eigenvalue weighted by atomic mass is 10.2. The molecule has 0 saturated carbocycles. The number of alkyl halides is 3. The third-order valence-electron chi connectivity index (χ3n) is 1.75. The summed E-state index contributed by atoms with van der Waals surface area (Å²) >= 11 is 0. The van der Waals surface area contributed by atoms with Gasteiger partial charge in [-0.2, -0.15) is 13.2 Å². The van der Waals surface area contributed by atoms with Gasteiger partial charge in [-0.3, -0.25) is 0 Å². The first kappa shape index (κ1) is 12.8. The van der Waals surface area contributed by atoms with Crippen LogP contribution < -0.4 is 0 Å². The van der Waals surface area contributed by atoms with Crippen molar-refractivity contribution in [3.8, 4) is 0 Å². The SMILES string of the molecule is Cc1cccc(S(=O)(=O)/C=C\C(F)(F)F)c1. The van der Waals surface area contributed by atoms with Crippen molar-refractivity contribution in [2.24, 2.45) is 0 Å². The molecule has 16 heavy (non-hydrogen) atoms. The van der Waals surface area contributed by atoms with E-state index in [4.69, 9.17) is 0 Å². The first-order chi connectivity index (χ1) is 7.21. The lowest BCUT2D eigenvalue weighted by molar-refractivity contribution is -0.0797. The first-order valence-electron chi connectivity index (χ1n) is 4.28. The zero-order valence-corrected chi connectivity index (χ0v) is 9.14. The molecule has 0 amide bonds. The molecule has 0 fully saturated rings. The topological polar surface area (TPSA) is 34.1 Å². The molecular formula is C10H9F3O2S. The van der Waals surface area contributed by atoms with Gasteiger partial charge in [-0.25, -0.2) is 8.42 Å². The molecule has 0 aliphatic heterocycles. The fourth-order valence-corrected chi connectivity index (χ4v) is 2.15. The van der Waals surface area contributed by atoms with Gasteiger partial charge in [0.05, 0.1) is 4.90 Å².